The molecule has 0 bridgehead atoms. The number of aromatic nitrogens is 1. The maximum atomic E-state index is 11.1. The SMILES string of the molecule is CCCOC(=O)Nc1ccc(C)nc1. The van der Waals surface area contributed by atoms with E-state index in [1.807, 2.05) is 19.9 Å². The van der Waals surface area contributed by atoms with E-state index >= 15 is 0 Å². The summed E-state index contributed by atoms with van der Waals surface area (Å²) in [5.74, 6) is 0. The number of anilines is 1. The van der Waals surface area contributed by atoms with Gasteiger partial charge in [0.2, 0.25) is 0 Å². The number of carbonyl (C=O) groups is 1. The standard InChI is InChI=1S/C10H14N2O2/c1-3-6-14-10(13)12-9-5-4-8(2)11-7-9/h4-5,7H,3,6H2,1-2H3,(H,12,13). The fraction of sp³-hybridized carbons (Fsp3) is 0.400. The molecule has 0 spiro atoms. The summed E-state index contributed by atoms with van der Waals surface area (Å²) in [7, 11) is 0. The number of aryl methyl sites for hydroxylation is 1. The van der Waals surface area contributed by atoms with Crippen molar-refractivity contribution in [1.82, 2.24) is 4.98 Å². The molecule has 0 saturated heterocycles. The predicted octanol–water partition coefficient (Wildman–Crippen LogP) is 2.35. The summed E-state index contributed by atoms with van der Waals surface area (Å²) in [4.78, 5) is 15.1. The lowest BCUT2D eigenvalue weighted by atomic mass is 10.3. The normalized spacial score (nSPS) is 9.57. The molecule has 1 rings (SSSR count). The Morgan fingerprint density at radius 2 is 2.36 bits per heavy atom. The number of pyridine rings is 1. The van der Waals surface area contributed by atoms with Crippen molar-refractivity contribution in [2.24, 2.45) is 0 Å². The van der Waals surface area contributed by atoms with Gasteiger partial charge in [-0.1, -0.05) is 6.92 Å². The highest BCUT2D eigenvalue weighted by Gasteiger charge is 2.01. The van der Waals surface area contributed by atoms with Crippen molar-refractivity contribution in [3.8, 4) is 0 Å². The van der Waals surface area contributed by atoms with Gasteiger partial charge < -0.3 is 4.74 Å². The van der Waals surface area contributed by atoms with Gasteiger partial charge in [-0.15, -0.1) is 0 Å². The zero-order valence-corrected chi connectivity index (χ0v) is 8.41. The molecule has 0 unspecified atom stereocenters. The molecule has 0 fully saturated rings. The Labute approximate surface area is 83.3 Å². The van der Waals surface area contributed by atoms with E-state index in [0.717, 1.165) is 12.1 Å². The minimum Gasteiger partial charge on any atom is -0.449 e. The summed E-state index contributed by atoms with van der Waals surface area (Å²) in [6, 6.07) is 3.62. The van der Waals surface area contributed by atoms with E-state index in [4.69, 9.17) is 4.74 Å². The molecular weight excluding hydrogens is 180 g/mol. The number of rotatable bonds is 3. The number of hydrogen-bond donors (Lipinski definition) is 1. The average Bonchev–Trinajstić information content (AvgIpc) is 2.18. The van der Waals surface area contributed by atoms with E-state index in [-0.39, 0.29) is 0 Å². The first-order chi connectivity index (χ1) is 6.72. The van der Waals surface area contributed by atoms with Crippen molar-refractivity contribution in [2.75, 3.05) is 11.9 Å². The van der Waals surface area contributed by atoms with Crippen LogP contribution in [0.15, 0.2) is 18.3 Å². The molecule has 0 aliphatic rings. The van der Waals surface area contributed by atoms with Crippen LogP contribution in [-0.4, -0.2) is 17.7 Å². The Morgan fingerprint density at radius 1 is 1.57 bits per heavy atom. The van der Waals surface area contributed by atoms with E-state index in [0.29, 0.717) is 12.3 Å². The zero-order valence-electron chi connectivity index (χ0n) is 8.41. The van der Waals surface area contributed by atoms with Crippen LogP contribution in [0, 0.1) is 6.92 Å². The van der Waals surface area contributed by atoms with E-state index in [1.54, 1.807) is 12.3 Å². The first kappa shape index (κ1) is 10.5. The predicted molar refractivity (Wildman–Crippen MR) is 54.2 cm³/mol. The van der Waals surface area contributed by atoms with E-state index in [1.165, 1.54) is 0 Å². The Bertz CT molecular complexity index is 295. The maximum absolute atomic E-state index is 11.1. The molecule has 1 aromatic heterocycles. The van der Waals surface area contributed by atoms with Gasteiger partial charge in [0.15, 0.2) is 0 Å². The second-order valence-corrected chi connectivity index (χ2v) is 2.95. The fourth-order valence-corrected chi connectivity index (χ4v) is 0.890. The van der Waals surface area contributed by atoms with Crippen LogP contribution in [0.3, 0.4) is 0 Å². The monoisotopic (exact) mass is 194 g/mol. The number of nitrogens with one attached hydrogen (secondary N) is 1. The lowest BCUT2D eigenvalue weighted by Gasteiger charge is -2.05. The summed E-state index contributed by atoms with van der Waals surface area (Å²) in [6.07, 6.45) is 1.99. The largest absolute Gasteiger partial charge is 0.449 e. The summed E-state index contributed by atoms with van der Waals surface area (Å²) < 4.78 is 4.85. The van der Waals surface area contributed by atoms with Gasteiger partial charge in [-0.2, -0.15) is 0 Å². The molecule has 76 valence electrons. The smallest absolute Gasteiger partial charge is 0.411 e. The molecular formula is C10H14N2O2. The number of hydrogen-bond acceptors (Lipinski definition) is 3. The van der Waals surface area contributed by atoms with Gasteiger partial charge in [0.25, 0.3) is 0 Å². The Kier molecular flexibility index (Phi) is 3.91. The third-order valence-corrected chi connectivity index (χ3v) is 1.60. The van der Waals surface area contributed by atoms with Crippen LogP contribution in [0.2, 0.25) is 0 Å². The van der Waals surface area contributed by atoms with Crippen molar-refractivity contribution in [2.45, 2.75) is 20.3 Å². The van der Waals surface area contributed by atoms with Gasteiger partial charge in [0, 0.05) is 5.69 Å². The third kappa shape index (κ3) is 3.43. The molecule has 4 nitrogen and oxygen atoms in total. The molecule has 0 saturated carbocycles. The quantitative estimate of drug-likeness (QED) is 0.803. The summed E-state index contributed by atoms with van der Waals surface area (Å²) >= 11 is 0. The molecule has 1 aromatic rings. The van der Waals surface area contributed by atoms with Gasteiger partial charge in [-0.05, 0) is 25.5 Å². The molecule has 1 amide bonds. The number of ether oxygens (including phenoxy) is 1. The molecule has 1 N–H and O–H groups in total. The number of nitrogens with zero attached hydrogens (tertiary/aromatic N) is 1. The van der Waals surface area contributed by atoms with Gasteiger partial charge >= 0.3 is 6.09 Å². The Morgan fingerprint density at radius 3 is 2.93 bits per heavy atom. The van der Waals surface area contributed by atoms with E-state index in [9.17, 15) is 4.79 Å². The van der Waals surface area contributed by atoms with Crippen LogP contribution < -0.4 is 5.32 Å². The van der Waals surface area contributed by atoms with Crippen molar-refractivity contribution < 1.29 is 9.53 Å². The van der Waals surface area contributed by atoms with Crippen molar-refractivity contribution in [3.63, 3.8) is 0 Å². The zero-order chi connectivity index (χ0) is 10.4. The molecule has 0 aliphatic heterocycles. The maximum Gasteiger partial charge on any atom is 0.411 e. The minimum absolute atomic E-state index is 0.433. The molecule has 14 heavy (non-hydrogen) atoms. The first-order valence-corrected chi connectivity index (χ1v) is 4.59. The van der Waals surface area contributed by atoms with Crippen molar-refractivity contribution >= 4 is 11.8 Å². The summed E-state index contributed by atoms with van der Waals surface area (Å²) in [5, 5.41) is 2.58. The highest BCUT2D eigenvalue weighted by molar-refractivity contribution is 5.84. The molecule has 1 heterocycles. The number of carbonyl (C=O) groups excluding carboxylic acids is 1. The molecule has 0 aromatic carbocycles. The van der Waals surface area contributed by atoms with Crippen LogP contribution in [-0.2, 0) is 4.74 Å². The Hall–Kier alpha value is -1.58. The fourth-order valence-electron chi connectivity index (χ4n) is 0.890. The highest BCUT2D eigenvalue weighted by Crippen LogP contribution is 2.05. The average molecular weight is 194 g/mol. The van der Waals surface area contributed by atoms with Gasteiger partial charge in [-0.3, -0.25) is 10.3 Å². The lowest BCUT2D eigenvalue weighted by molar-refractivity contribution is 0.161. The van der Waals surface area contributed by atoms with Crippen molar-refractivity contribution in [3.05, 3.63) is 24.0 Å². The van der Waals surface area contributed by atoms with Crippen LogP contribution in [0.4, 0.5) is 10.5 Å². The van der Waals surface area contributed by atoms with Crippen LogP contribution in [0.1, 0.15) is 19.0 Å². The minimum atomic E-state index is -0.433. The first-order valence-electron chi connectivity index (χ1n) is 4.59. The van der Waals surface area contributed by atoms with Crippen LogP contribution in [0.25, 0.3) is 0 Å². The third-order valence-electron chi connectivity index (χ3n) is 1.60. The van der Waals surface area contributed by atoms with Crippen LogP contribution >= 0.6 is 0 Å². The number of amides is 1. The van der Waals surface area contributed by atoms with E-state index < -0.39 is 6.09 Å². The second-order valence-electron chi connectivity index (χ2n) is 2.95. The van der Waals surface area contributed by atoms with Gasteiger partial charge in [0.1, 0.15) is 0 Å². The topological polar surface area (TPSA) is 51.2 Å². The summed E-state index contributed by atoms with van der Waals surface area (Å²) in [5.41, 5.74) is 1.56. The van der Waals surface area contributed by atoms with E-state index in [2.05, 4.69) is 10.3 Å². The molecule has 0 radical (unpaired) electrons. The van der Waals surface area contributed by atoms with Crippen molar-refractivity contribution in [1.29, 1.82) is 0 Å². The van der Waals surface area contributed by atoms with Gasteiger partial charge in [0.05, 0.1) is 18.5 Å². The van der Waals surface area contributed by atoms with Gasteiger partial charge in [-0.25, -0.2) is 4.79 Å². The molecule has 0 aliphatic carbocycles. The highest BCUT2D eigenvalue weighted by atomic mass is 16.5. The lowest BCUT2D eigenvalue weighted by Crippen LogP contribution is -2.14. The van der Waals surface area contributed by atoms with Crippen LogP contribution in [0.5, 0.6) is 0 Å². The molecule has 0 atom stereocenters. The summed E-state index contributed by atoms with van der Waals surface area (Å²) in [6.45, 7) is 4.27. The second kappa shape index (κ2) is 5.21. The molecule has 4 heteroatoms. The Balaban J connectivity index is 2.44.